The van der Waals surface area contributed by atoms with E-state index in [2.05, 4.69) is 21.3 Å². The summed E-state index contributed by atoms with van der Waals surface area (Å²) in [7, 11) is 0. The van der Waals surface area contributed by atoms with Crippen LogP contribution in [0.15, 0.2) is 30.3 Å². The molecule has 9 heteroatoms. The van der Waals surface area contributed by atoms with Gasteiger partial charge in [-0.3, -0.25) is 19.2 Å². The van der Waals surface area contributed by atoms with Crippen LogP contribution in [0.25, 0.3) is 0 Å². The first-order valence-electron chi connectivity index (χ1n) is 8.30. The summed E-state index contributed by atoms with van der Waals surface area (Å²) in [5.41, 5.74) is 6.00. The number of carbonyl (C=O) groups excluding carboxylic acids is 4. The Kier molecular flexibility index (Phi) is 9.40. The van der Waals surface area contributed by atoms with Gasteiger partial charge < -0.3 is 27.0 Å². The Bertz CT molecular complexity index is 621. The number of likely N-dealkylation sites (N-methyl/N-ethyl adjacent to an activating group) is 1. The van der Waals surface area contributed by atoms with Crippen molar-refractivity contribution in [1.29, 1.82) is 0 Å². The number of nitrogens with one attached hydrogen (secondary N) is 4. The monoisotopic (exact) mass is 363 g/mol. The van der Waals surface area contributed by atoms with Gasteiger partial charge in [0, 0.05) is 13.0 Å². The van der Waals surface area contributed by atoms with E-state index < -0.39 is 23.8 Å². The van der Waals surface area contributed by atoms with Crippen molar-refractivity contribution in [1.82, 2.24) is 21.3 Å². The van der Waals surface area contributed by atoms with Gasteiger partial charge in [-0.25, -0.2) is 0 Å². The highest BCUT2D eigenvalue weighted by Crippen LogP contribution is 2.03. The quantitative estimate of drug-likeness (QED) is 0.328. The van der Waals surface area contributed by atoms with Crippen LogP contribution in [0, 0.1) is 0 Å². The minimum Gasteiger partial charge on any atom is -0.355 e. The number of nitrogens with two attached hydrogens (primary N) is 1. The average Bonchev–Trinajstić information content (AvgIpc) is 2.64. The lowest BCUT2D eigenvalue weighted by molar-refractivity contribution is -0.130. The van der Waals surface area contributed by atoms with E-state index in [9.17, 15) is 19.2 Å². The summed E-state index contributed by atoms with van der Waals surface area (Å²) in [5.74, 6) is -1.80. The predicted octanol–water partition coefficient (Wildman–Crippen LogP) is -1.96. The van der Waals surface area contributed by atoms with E-state index in [1.54, 1.807) is 6.92 Å². The van der Waals surface area contributed by atoms with E-state index in [0.29, 0.717) is 6.54 Å². The lowest BCUT2D eigenvalue weighted by atomic mass is 10.1. The van der Waals surface area contributed by atoms with Gasteiger partial charge in [-0.05, 0) is 12.5 Å². The smallest absolute Gasteiger partial charge is 0.243 e. The highest BCUT2D eigenvalue weighted by molar-refractivity contribution is 5.92. The van der Waals surface area contributed by atoms with Crippen LogP contribution in [-0.2, 0) is 25.6 Å². The van der Waals surface area contributed by atoms with Gasteiger partial charge in [-0.15, -0.1) is 0 Å². The van der Waals surface area contributed by atoms with Gasteiger partial charge in [0.25, 0.3) is 0 Å². The molecule has 1 rings (SSSR count). The molecular formula is C17H25N5O4. The molecule has 142 valence electrons. The molecule has 0 heterocycles. The number of carbonyl (C=O) groups is 4. The molecule has 0 unspecified atom stereocenters. The second kappa shape index (κ2) is 11.6. The first-order valence-corrected chi connectivity index (χ1v) is 8.30. The molecule has 6 N–H and O–H groups in total. The molecule has 0 aliphatic rings. The van der Waals surface area contributed by atoms with Gasteiger partial charge in [0.2, 0.25) is 23.6 Å². The van der Waals surface area contributed by atoms with Crippen molar-refractivity contribution in [3.05, 3.63) is 35.9 Å². The second-order valence-electron chi connectivity index (χ2n) is 5.46. The van der Waals surface area contributed by atoms with Crippen LogP contribution >= 0.6 is 0 Å². The third-order valence-corrected chi connectivity index (χ3v) is 3.36. The van der Waals surface area contributed by atoms with Crippen LogP contribution in [0.1, 0.15) is 12.5 Å². The second-order valence-corrected chi connectivity index (χ2v) is 5.46. The fourth-order valence-electron chi connectivity index (χ4n) is 2.11. The molecule has 1 atom stereocenters. The van der Waals surface area contributed by atoms with Gasteiger partial charge in [0.15, 0.2) is 0 Å². The van der Waals surface area contributed by atoms with Crippen molar-refractivity contribution in [3.8, 4) is 0 Å². The van der Waals surface area contributed by atoms with Gasteiger partial charge >= 0.3 is 0 Å². The normalized spacial score (nSPS) is 11.2. The van der Waals surface area contributed by atoms with Crippen molar-refractivity contribution in [3.63, 3.8) is 0 Å². The molecule has 0 saturated carbocycles. The molecule has 0 bridgehead atoms. The molecule has 9 nitrogen and oxygen atoms in total. The Morgan fingerprint density at radius 2 is 1.58 bits per heavy atom. The molecule has 4 amide bonds. The lowest BCUT2D eigenvalue weighted by Crippen LogP contribution is -2.52. The average molecular weight is 363 g/mol. The van der Waals surface area contributed by atoms with E-state index in [1.807, 2.05) is 30.3 Å². The van der Waals surface area contributed by atoms with Crippen molar-refractivity contribution in [2.24, 2.45) is 5.73 Å². The fourth-order valence-corrected chi connectivity index (χ4v) is 2.11. The Morgan fingerprint density at radius 1 is 0.923 bits per heavy atom. The summed E-state index contributed by atoms with van der Waals surface area (Å²) in [4.78, 5) is 47.0. The molecule has 1 aromatic carbocycles. The number of benzene rings is 1. The Balaban J connectivity index is 2.68. The van der Waals surface area contributed by atoms with Gasteiger partial charge in [0.05, 0.1) is 19.6 Å². The standard InChI is InChI=1S/C17H25N5O4/c1-2-19-15(24)10-21-17(26)13(8-12-6-4-3-5-7-12)22-16(25)11-20-14(23)9-18/h3-7,13H,2,8-11,18H2,1H3,(H,19,24)(H,20,23)(H,21,26)(H,22,25)/t13-/m0/s1. The number of hydrogen-bond acceptors (Lipinski definition) is 5. The molecule has 0 aliphatic carbocycles. The highest BCUT2D eigenvalue weighted by Gasteiger charge is 2.21. The first-order chi connectivity index (χ1) is 12.5. The molecule has 0 radical (unpaired) electrons. The summed E-state index contributed by atoms with van der Waals surface area (Å²) < 4.78 is 0. The van der Waals surface area contributed by atoms with Crippen LogP contribution in [0.3, 0.4) is 0 Å². The van der Waals surface area contributed by atoms with E-state index in [-0.39, 0.29) is 32.0 Å². The highest BCUT2D eigenvalue weighted by atomic mass is 16.2. The summed E-state index contributed by atoms with van der Waals surface area (Å²) in [6.07, 6.45) is 0.249. The maximum atomic E-state index is 12.4. The van der Waals surface area contributed by atoms with Crippen LogP contribution < -0.4 is 27.0 Å². The third kappa shape index (κ3) is 8.25. The summed E-state index contributed by atoms with van der Waals surface area (Å²) in [5, 5.41) is 9.96. The molecule has 0 saturated heterocycles. The third-order valence-electron chi connectivity index (χ3n) is 3.36. The predicted molar refractivity (Wildman–Crippen MR) is 95.8 cm³/mol. The largest absolute Gasteiger partial charge is 0.355 e. The van der Waals surface area contributed by atoms with Crippen LogP contribution in [-0.4, -0.2) is 55.8 Å². The number of hydrogen-bond donors (Lipinski definition) is 5. The van der Waals surface area contributed by atoms with Crippen LogP contribution in [0.2, 0.25) is 0 Å². The maximum Gasteiger partial charge on any atom is 0.243 e. The number of rotatable bonds is 10. The van der Waals surface area contributed by atoms with Gasteiger partial charge in [-0.2, -0.15) is 0 Å². The van der Waals surface area contributed by atoms with E-state index in [1.165, 1.54) is 0 Å². The van der Waals surface area contributed by atoms with Crippen molar-refractivity contribution in [2.45, 2.75) is 19.4 Å². The topological polar surface area (TPSA) is 142 Å². The molecule has 0 aromatic heterocycles. The molecule has 0 fully saturated rings. The van der Waals surface area contributed by atoms with E-state index in [0.717, 1.165) is 5.56 Å². The van der Waals surface area contributed by atoms with Gasteiger partial charge in [-0.1, -0.05) is 30.3 Å². The maximum absolute atomic E-state index is 12.4. The Labute approximate surface area is 152 Å². The zero-order chi connectivity index (χ0) is 19.4. The summed E-state index contributed by atoms with van der Waals surface area (Å²) in [6.45, 7) is 1.53. The van der Waals surface area contributed by atoms with E-state index >= 15 is 0 Å². The van der Waals surface area contributed by atoms with Crippen molar-refractivity contribution < 1.29 is 19.2 Å². The molecule has 0 aliphatic heterocycles. The minimum atomic E-state index is -0.880. The van der Waals surface area contributed by atoms with Crippen LogP contribution in [0.5, 0.6) is 0 Å². The SMILES string of the molecule is CCNC(=O)CNC(=O)[C@H](Cc1ccccc1)NC(=O)CNC(=O)CN. The van der Waals surface area contributed by atoms with Crippen molar-refractivity contribution in [2.75, 3.05) is 26.2 Å². The zero-order valence-corrected chi connectivity index (χ0v) is 14.7. The zero-order valence-electron chi connectivity index (χ0n) is 14.7. The minimum absolute atomic E-state index is 0.183. The number of amides is 4. The fraction of sp³-hybridized carbons (Fsp3) is 0.412. The summed E-state index contributed by atoms with van der Waals surface area (Å²) >= 11 is 0. The van der Waals surface area contributed by atoms with Crippen LogP contribution in [0.4, 0.5) is 0 Å². The van der Waals surface area contributed by atoms with Crippen molar-refractivity contribution >= 4 is 23.6 Å². The molecule has 1 aromatic rings. The lowest BCUT2D eigenvalue weighted by Gasteiger charge is -2.19. The first kappa shape index (κ1) is 21.1. The molecular weight excluding hydrogens is 338 g/mol. The Morgan fingerprint density at radius 3 is 2.19 bits per heavy atom. The molecule has 0 spiro atoms. The van der Waals surface area contributed by atoms with Gasteiger partial charge in [0.1, 0.15) is 6.04 Å². The van der Waals surface area contributed by atoms with E-state index in [4.69, 9.17) is 5.73 Å². The summed E-state index contributed by atoms with van der Waals surface area (Å²) in [6, 6.07) is 8.26. The molecule has 26 heavy (non-hydrogen) atoms. The Hall–Kier alpha value is -2.94.